The number of halogens is 1. The topological polar surface area (TPSA) is 66.4 Å². The molecule has 0 heterocycles. The second-order valence-electron chi connectivity index (χ2n) is 4.50. The van der Waals surface area contributed by atoms with E-state index in [1.165, 1.54) is 0 Å². The number of carboxylic acids is 1. The molecule has 1 aromatic rings. The van der Waals surface area contributed by atoms with Crippen molar-refractivity contribution in [3.05, 3.63) is 34.3 Å². The van der Waals surface area contributed by atoms with Gasteiger partial charge in [-0.25, -0.2) is 0 Å². The Kier molecular flexibility index (Phi) is 4.01. The van der Waals surface area contributed by atoms with Crippen molar-refractivity contribution < 1.29 is 14.7 Å². The van der Waals surface area contributed by atoms with Crippen LogP contribution in [-0.2, 0) is 4.79 Å². The molecule has 4 nitrogen and oxygen atoms in total. The molecule has 18 heavy (non-hydrogen) atoms. The predicted octanol–water partition coefficient (Wildman–Crippen LogP) is 2.43. The van der Waals surface area contributed by atoms with E-state index in [4.69, 9.17) is 5.11 Å². The number of carbonyl (C=O) groups excluding carboxylic acids is 1. The van der Waals surface area contributed by atoms with Crippen molar-refractivity contribution in [3.8, 4) is 0 Å². The van der Waals surface area contributed by atoms with Gasteiger partial charge in [0.15, 0.2) is 0 Å². The lowest BCUT2D eigenvalue weighted by molar-refractivity contribution is -0.141. The molecule has 0 unspecified atom stereocenters. The molecule has 0 bridgehead atoms. The third-order valence-electron chi connectivity index (χ3n) is 3.24. The van der Waals surface area contributed by atoms with Crippen molar-refractivity contribution in [2.75, 3.05) is 0 Å². The average molecular weight is 312 g/mol. The third kappa shape index (κ3) is 2.90. The van der Waals surface area contributed by atoms with Gasteiger partial charge in [-0.3, -0.25) is 9.59 Å². The van der Waals surface area contributed by atoms with Crippen LogP contribution >= 0.6 is 15.9 Å². The van der Waals surface area contributed by atoms with Crippen LogP contribution in [0.4, 0.5) is 0 Å². The Hall–Kier alpha value is -1.36. The predicted molar refractivity (Wildman–Crippen MR) is 70.4 cm³/mol. The fourth-order valence-electron chi connectivity index (χ4n) is 2.25. The molecule has 1 fully saturated rings. The highest BCUT2D eigenvalue weighted by molar-refractivity contribution is 9.10. The highest BCUT2D eigenvalue weighted by atomic mass is 79.9. The Morgan fingerprint density at radius 3 is 2.61 bits per heavy atom. The Morgan fingerprint density at radius 1 is 1.28 bits per heavy atom. The van der Waals surface area contributed by atoms with Gasteiger partial charge in [0, 0.05) is 10.5 Å². The van der Waals surface area contributed by atoms with Crippen LogP contribution in [0.1, 0.15) is 29.6 Å². The van der Waals surface area contributed by atoms with Crippen LogP contribution in [0.2, 0.25) is 0 Å². The van der Waals surface area contributed by atoms with Gasteiger partial charge < -0.3 is 10.4 Å². The first-order valence-corrected chi connectivity index (χ1v) is 6.65. The second kappa shape index (κ2) is 5.52. The molecule has 1 amide bonds. The van der Waals surface area contributed by atoms with Gasteiger partial charge in [-0.15, -0.1) is 0 Å². The number of benzene rings is 1. The van der Waals surface area contributed by atoms with Gasteiger partial charge in [0.2, 0.25) is 0 Å². The molecule has 0 saturated heterocycles. The normalized spacial score (nSPS) is 22.7. The van der Waals surface area contributed by atoms with E-state index in [0.29, 0.717) is 18.4 Å². The zero-order valence-electron chi connectivity index (χ0n) is 9.73. The summed E-state index contributed by atoms with van der Waals surface area (Å²) in [6, 6.07) is 7.16. The molecule has 96 valence electrons. The number of carbonyl (C=O) groups is 2. The summed E-state index contributed by atoms with van der Waals surface area (Å²) in [4.78, 5) is 22.8. The van der Waals surface area contributed by atoms with E-state index in [1.54, 1.807) is 12.1 Å². The maximum Gasteiger partial charge on any atom is 0.306 e. The quantitative estimate of drug-likeness (QED) is 0.901. The van der Waals surface area contributed by atoms with Gasteiger partial charge in [-0.2, -0.15) is 0 Å². The van der Waals surface area contributed by atoms with Crippen LogP contribution in [0.3, 0.4) is 0 Å². The van der Waals surface area contributed by atoms with Crippen molar-refractivity contribution in [3.63, 3.8) is 0 Å². The Bertz CT molecular complexity index is 475. The van der Waals surface area contributed by atoms with Crippen molar-refractivity contribution in [2.45, 2.75) is 25.3 Å². The minimum Gasteiger partial charge on any atom is -0.481 e. The molecule has 1 aliphatic carbocycles. The summed E-state index contributed by atoms with van der Waals surface area (Å²) in [5.41, 5.74) is 0.580. The number of carboxylic acid groups (broad SMARTS) is 1. The Morgan fingerprint density at radius 2 is 2.00 bits per heavy atom. The monoisotopic (exact) mass is 311 g/mol. The lowest BCUT2D eigenvalue weighted by Gasteiger charge is -2.13. The number of amides is 1. The van der Waals surface area contributed by atoms with Gasteiger partial charge in [0.1, 0.15) is 0 Å². The molecule has 1 saturated carbocycles. The molecule has 2 N–H and O–H groups in total. The first kappa shape index (κ1) is 13.1. The molecule has 0 spiro atoms. The first-order chi connectivity index (χ1) is 8.58. The molecule has 0 radical (unpaired) electrons. The van der Waals surface area contributed by atoms with Gasteiger partial charge >= 0.3 is 5.97 Å². The number of aliphatic carboxylic acids is 1. The number of nitrogens with one attached hydrogen (secondary N) is 1. The van der Waals surface area contributed by atoms with Crippen LogP contribution in [0.15, 0.2) is 28.7 Å². The highest BCUT2D eigenvalue weighted by Gasteiger charge is 2.30. The molecule has 5 heteroatoms. The van der Waals surface area contributed by atoms with Crippen LogP contribution in [0.5, 0.6) is 0 Å². The van der Waals surface area contributed by atoms with E-state index in [9.17, 15) is 9.59 Å². The van der Waals surface area contributed by atoms with Crippen molar-refractivity contribution in [1.82, 2.24) is 5.32 Å². The highest BCUT2D eigenvalue weighted by Crippen LogP contribution is 2.26. The van der Waals surface area contributed by atoms with E-state index < -0.39 is 5.97 Å². The minimum atomic E-state index is -0.771. The molecule has 1 aliphatic rings. The van der Waals surface area contributed by atoms with E-state index in [-0.39, 0.29) is 17.9 Å². The van der Waals surface area contributed by atoms with E-state index in [2.05, 4.69) is 21.2 Å². The summed E-state index contributed by atoms with van der Waals surface area (Å²) in [5.74, 6) is -1.25. The van der Waals surface area contributed by atoms with Crippen LogP contribution in [-0.4, -0.2) is 23.0 Å². The summed E-state index contributed by atoms with van der Waals surface area (Å²) >= 11 is 3.33. The standard InChI is InChI=1S/C13H14BrNO3/c14-11-4-2-1-3-10(11)12(16)15-9-6-5-8(7-9)13(17)18/h1-4,8-9H,5-7H2,(H,15,16)(H,17,18)/t8-,9+/m0/s1. The lowest BCUT2D eigenvalue weighted by atomic mass is 10.1. The summed E-state index contributed by atoms with van der Waals surface area (Å²) < 4.78 is 0.746. The molecule has 2 atom stereocenters. The Labute approximate surface area is 114 Å². The third-order valence-corrected chi connectivity index (χ3v) is 3.93. The first-order valence-electron chi connectivity index (χ1n) is 5.86. The van der Waals surface area contributed by atoms with Gasteiger partial charge in [-0.05, 0) is 47.3 Å². The number of hydrogen-bond acceptors (Lipinski definition) is 2. The summed E-state index contributed by atoms with van der Waals surface area (Å²) in [7, 11) is 0. The van der Waals surface area contributed by atoms with Crippen molar-refractivity contribution in [2.24, 2.45) is 5.92 Å². The maximum absolute atomic E-state index is 12.0. The van der Waals surface area contributed by atoms with Gasteiger partial charge in [-0.1, -0.05) is 12.1 Å². The fourth-order valence-corrected chi connectivity index (χ4v) is 2.71. The summed E-state index contributed by atoms with van der Waals surface area (Å²) in [6.07, 6.45) is 1.88. The molecule has 0 aliphatic heterocycles. The van der Waals surface area contributed by atoms with E-state index in [1.807, 2.05) is 12.1 Å². The molecule has 2 rings (SSSR count). The molecular formula is C13H14BrNO3. The number of rotatable bonds is 3. The lowest BCUT2D eigenvalue weighted by Crippen LogP contribution is -2.33. The molecular weight excluding hydrogens is 298 g/mol. The molecule has 0 aromatic heterocycles. The second-order valence-corrected chi connectivity index (χ2v) is 5.35. The zero-order chi connectivity index (χ0) is 13.1. The van der Waals surface area contributed by atoms with Crippen molar-refractivity contribution >= 4 is 27.8 Å². The smallest absolute Gasteiger partial charge is 0.306 e. The molecule has 1 aromatic carbocycles. The zero-order valence-corrected chi connectivity index (χ0v) is 11.3. The average Bonchev–Trinajstić information content (AvgIpc) is 2.78. The van der Waals surface area contributed by atoms with E-state index >= 15 is 0 Å². The summed E-state index contributed by atoms with van der Waals surface area (Å²) in [5, 5.41) is 11.8. The number of hydrogen-bond donors (Lipinski definition) is 2. The minimum absolute atomic E-state index is 0.0364. The van der Waals surface area contributed by atoms with Gasteiger partial charge in [0.25, 0.3) is 5.91 Å². The largest absolute Gasteiger partial charge is 0.481 e. The summed E-state index contributed by atoms with van der Waals surface area (Å²) in [6.45, 7) is 0. The van der Waals surface area contributed by atoms with Gasteiger partial charge in [0.05, 0.1) is 11.5 Å². The van der Waals surface area contributed by atoms with Crippen molar-refractivity contribution in [1.29, 1.82) is 0 Å². The fraction of sp³-hybridized carbons (Fsp3) is 0.385. The van der Waals surface area contributed by atoms with Crippen LogP contribution < -0.4 is 5.32 Å². The van der Waals surface area contributed by atoms with E-state index in [0.717, 1.165) is 10.9 Å². The van der Waals surface area contributed by atoms with Crippen LogP contribution in [0.25, 0.3) is 0 Å². The van der Waals surface area contributed by atoms with Crippen LogP contribution in [0, 0.1) is 5.92 Å². The maximum atomic E-state index is 12.0. The Balaban J connectivity index is 1.97. The SMILES string of the molecule is O=C(N[C@@H]1CC[C@H](C(=O)O)C1)c1ccccc1Br.